The Labute approximate surface area is 186 Å². The maximum Gasteiger partial charge on any atom is 0.295 e. The normalized spacial score (nSPS) is 18.4. The van der Waals surface area contributed by atoms with Gasteiger partial charge in [-0.3, -0.25) is 9.59 Å². The molecule has 30 heavy (non-hydrogen) atoms. The molecule has 1 saturated heterocycles. The fourth-order valence-corrected chi connectivity index (χ4v) is 4.01. The number of aliphatic hydroxyl groups excluding tert-OH is 1. The molecule has 2 aromatic carbocycles. The van der Waals surface area contributed by atoms with Gasteiger partial charge in [0.15, 0.2) is 0 Å². The molecule has 1 aliphatic rings. The molecule has 2 aromatic rings. The van der Waals surface area contributed by atoms with Crippen LogP contribution < -0.4 is 0 Å². The summed E-state index contributed by atoms with van der Waals surface area (Å²) in [7, 11) is 0. The van der Waals surface area contributed by atoms with Gasteiger partial charge in [-0.1, -0.05) is 49.2 Å². The molecular formula is C23H24Cl2N2O3. The smallest absolute Gasteiger partial charge is 0.295 e. The zero-order valence-corrected chi connectivity index (χ0v) is 18.5. The molecule has 158 valence electrons. The van der Waals surface area contributed by atoms with Gasteiger partial charge in [-0.25, -0.2) is 0 Å². The molecule has 1 unspecified atom stereocenters. The van der Waals surface area contributed by atoms with Gasteiger partial charge >= 0.3 is 0 Å². The van der Waals surface area contributed by atoms with E-state index in [9.17, 15) is 14.7 Å². The number of carbonyl (C=O) groups is 2. The largest absolute Gasteiger partial charge is 0.507 e. The van der Waals surface area contributed by atoms with E-state index in [1.165, 1.54) is 4.90 Å². The molecule has 0 aromatic heterocycles. The van der Waals surface area contributed by atoms with E-state index >= 15 is 0 Å². The zero-order valence-electron chi connectivity index (χ0n) is 16.9. The maximum atomic E-state index is 13.0. The average molecular weight is 447 g/mol. The Morgan fingerprint density at radius 3 is 2.30 bits per heavy atom. The average Bonchev–Trinajstić information content (AvgIpc) is 2.99. The lowest BCUT2D eigenvalue weighted by molar-refractivity contribution is -0.140. The number of rotatable bonds is 7. The van der Waals surface area contributed by atoms with Crippen molar-refractivity contribution in [2.45, 2.75) is 19.9 Å². The number of nitrogens with zero attached hydrogens (tertiary/aromatic N) is 2. The molecule has 3 rings (SSSR count). The van der Waals surface area contributed by atoms with Crippen molar-refractivity contribution in [2.24, 2.45) is 0 Å². The fraction of sp³-hybridized carbons (Fsp3) is 0.304. The summed E-state index contributed by atoms with van der Waals surface area (Å²) in [5.74, 6) is -1.55. The quantitative estimate of drug-likeness (QED) is 0.378. The molecule has 1 aliphatic heterocycles. The van der Waals surface area contributed by atoms with Crippen LogP contribution in [0.2, 0.25) is 10.0 Å². The lowest BCUT2D eigenvalue weighted by Gasteiger charge is -2.28. The molecule has 0 radical (unpaired) electrons. The van der Waals surface area contributed by atoms with Crippen molar-refractivity contribution in [3.63, 3.8) is 0 Å². The summed E-state index contributed by atoms with van der Waals surface area (Å²) in [6.07, 6.45) is 0. The monoisotopic (exact) mass is 446 g/mol. The van der Waals surface area contributed by atoms with Crippen LogP contribution in [0.3, 0.4) is 0 Å². The van der Waals surface area contributed by atoms with Crippen LogP contribution >= 0.6 is 23.2 Å². The topological polar surface area (TPSA) is 60.9 Å². The second-order valence-corrected chi connectivity index (χ2v) is 7.95. The Balaban J connectivity index is 2.09. The number of likely N-dealkylation sites (N-methyl/N-ethyl adjacent to an activating group) is 1. The highest BCUT2D eigenvalue weighted by Gasteiger charge is 2.46. The Morgan fingerprint density at radius 1 is 1.03 bits per heavy atom. The fourth-order valence-electron chi connectivity index (χ4n) is 3.69. The molecule has 0 bridgehead atoms. The Morgan fingerprint density at radius 2 is 1.70 bits per heavy atom. The molecule has 1 heterocycles. The number of Topliss-reactive ketones (excluding diaryl/α,β-unsaturated/α-hetero) is 1. The first-order valence-electron chi connectivity index (χ1n) is 9.89. The first-order valence-corrected chi connectivity index (χ1v) is 10.6. The van der Waals surface area contributed by atoms with E-state index in [4.69, 9.17) is 23.2 Å². The van der Waals surface area contributed by atoms with Crippen LogP contribution in [-0.2, 0) is 9.59 Å². The summed E-state index contributed by atoms with van der Waals surface area (Å²) in [6.45, 7) is 6.76. The number of benzene rings is 2. The van der Waals surface area contributed by atoms with Gasteiger partial charge in [0.05, 0.1) is 11.6 Å². The van der Waals surface area contributed by atoms with Crippen LogP contribution in [0.25, 0.3) is 5.76 Å². The predicted octanol–water partition coefficient (Wildman–Crippen LogP) is 4.76. The molecule has 0 saturated carbocycles. The van der Waals surface area contributed by atoms with Crippen LogP contribution in [0.1, 0.15) is 31.0 Å². The molecule has 1 N–H and O–H groups in total. The van der Waals surface area contributed by atoms with Crippen LogP contribution in [0, 0.1) is 0 Å². The van der Waals surface area contributed by atoms with Crippen molar-refractivity contribution in [3.05, 3.63) is 75.3 Å². The number of hydrogen-bond acceptors (Lipinski definition) is 4. The lowest BCUT2D eigenvalue weighted by Crippen LogP contribution is -2.38. The maximum absolute atomic E-state index is 13.0. The molecule has 5 nitrogen and oxygen atoms in total. The van der Waals surface area contributed by atoms with Crippen molar-refractivity contribution in [1.29, 1.82) is 0 Å². The van der Waals surface area contributed by atoms with Crippen molar-refractivity contribution < 1.29 is 14.7 Å². The molecule has 1 atom stereocenters. The number of aliphatic hydroxyl groups is 1. The minimum atomic E-state index is -0.713. The zero-order chi connectivity index (χ0) is 21.8. The van der Waals surface area contributed by atoms with E-state index < -0.39 is 17.7 Å². The lowest BCUT2D eigenvalue weighted by atomic mass is 9.95. The van der Waals surface area contributed by atoms with Gasteiger partial charge in [0, 0.05) is 28.7 Å². The summed E-state index contributed by atoms with van der Waals surface area (Å²) >= 11 is 12.1. The van der Waals surface area contributed by atoms with Gasteiger partial charge in [-0.15, -0.1) is 0 Å². The predicted molar refractivity (Wildman–Crippen MR) is 120 cm³/mol. The van der Waals surface area contributed by atoms with Crippen molar-refractivity contribution in [3.8, 4) is 0 Å². The van der Waals surface area contributed by atoms with E-state index in [2.05, 4.69) is 4.90 Å². The van der Waals surface area contributed by atoms with E-state index in [0.717, 1.165) is 13.1 Å². The highest BCUT2D eigenvalue weighted by Crippen LogP contribution is 2.39. The number of carbonyl (C=O) groups excluding carboxylic acids is 2. The second-order valence-electron chi connectivity index (χ2n) is 7.08. The summed E-state index contributed by atoms with van der Waals surface area (Å²) in [4.78, 5) is 29.6. The molecular weight excluding hydrogens is 423 g/mol. The first-order chi connectivity index (χ1) is 14.4. The third-order valence-electron chi connectivity index (χ3n) is 5.37. The van der Waals surface area contributed by atoms with Crippen LogP contribution in [0.4, 0.5) is 0 Å². The van der Waals surface area contributed by atoms with E-state index in [1.54, 1.807) is 42.5 Å². The number of amides is 1. The molecule has 0 spiro atoms. The molecule has 1 amide bonds. The van der Waals surface area contributed by atoms with E-state index in [0.29, 0.717) is 34.3 Å². The number of likely N-dealkylation sites (tertiary alicyclic amines) is 1. The second kappa shape index (κ2) is 9.65. The third-order valence-corrected chi connectivity index (χ3v) is 5.86. The van der Waals surface area contributed by atoms with E-state index in [-0.39, 0.29) is 11.3 Å². The summed E-state index contributed by atoms with van der Waals surface area (Å²) in [5.41, 5.74) is 1.16. The number of halogens is 2. The van der Waals surface area contributed by atoms with Gasteiger partial charge < -0.3 is 14.9 Å². The van der Waals surface area contributed by atoms with Crippen molar-refractivity contribution >= 4 is 40.7 Å². The molecule has 0 aliphatic carbocycles. The Kier molecular flexibility index (Phi) is 7.19. The van der Waals surface area contributed by atoms with Crippen molar-refractivity contribution in [2.75, 3.05) is 26.2 Å². The minimum Gasteiger partial charge on any atom is -0.507 e. The number of hydrogen-bond donors (Lipinski definition) is 1. The summed E-state index contributed by atoms with van der Waals surface area (Å²) in [6, 6.07) is 12.8. The summed E-state index contributed by atoms with van der Waals surface area (Å²) in [5, 5.41) is 12.0. The standard InChI is InChI=1S/C23H24Cl2N2O3/c1-3-26(4-2)12-13-27-20(16-6-5-7-18(25)14-16)19(22(29)23(27)30)21(28)15-8-10-17(24)11-9-15/h5-11,14,20,28H,3-4,12-13H2,1-2H3/b21-19+. The third kappa shape index (κ3) is 4.53. The molecule has 7 heteroatoms. The SMILES string of the molecule is CCN(CC)CCN1C(=O)C(=O)/C(=C(/O)c2ccc(Cl)cc2)C1c1cccc(Cl)c1. The summed E-state index contributed by atoms with van der Waals surface area (Å²) < 4.78 is 0. The molecule has 1 fully saturated rings. The van der Waals surface area contributed by atoms with Gasteiger partial charge in [0.2, 0.25) is 0 Å². The van der Waals surface area contributed by atoms with E-state index in [1.807, 2.05) is 19.9 Å². The van der Waals surface area contributed by atoms with Crippen molar-refractivity contribution in [1.82, 2.24) is 9.80 Å². The van der Waals surface area contributed by atoms with Crippen LogP contribution in [0.5, 0.6) is 0 Å². The van der Waals surface area contributed by atoms with Gasteiger partial charge in [-0.2, -0.15) is 0 Å². The highest BCUT2D eigenvalue weighted by molar-refractivity contribution is 6.46. The van der Waals surface area contributed by atoms with Gasteiger partial charge in [0.25, 0.3) is 11.7 Å². The first kappa shape index (κ1) is 22.3. The Bertz CT molecular complexity index is 969. The Hall–Kier alpha value is -2.34. The highest BCUT2D eigenvalue weighted by atomic mass is 35.5. The number of ketones is 1. The van der Waals surface area contributed by atoms with Gasteiger partial charge in [0.1, 0.15) is 5.76 Å². The van der Waals surface area contributed by atoms with Crippen LogP contribution in [0.15, 0.2) is 54.1 Å². The van der Waals surface area contributed by atoms with Gasteiger partial charge in [-0.05, 0) is 55.1 Å². The minimum absolute atomic E-state index is 0.0594. The van der Waals surface area contributed by atoms with Crippen LogP contribution in [-0.4, -0.2) is 52.8 Å².